The summed E-state index contributed by atoms with van der Waals surface area (Å²) in [6, 6.07) is 6.74. The number of unbranched alkanes of at least 4 members (excludes halogenated alkanes) is 15. The molecular weight excluding hydrogens is 430 g/mol. The number of rotatable bonds is 20. The van der Waals surface area contributed by atoms with E-state index in [2.05, 4.69) is 22.8 Å². The van der Waals surface area contributed by atoms with Crippen LogP contribution in [0.1, 0.15) is 126 Å². The second kappa shape index (κ2) is 20.6. The number of hydrazone groups is 1. The molecule has 0 saturated heterocycles. The van der Waals surface area contributed by atoms with Crippen LogP contribution in [0.4, 0.5) is 0 Å². The molecule has 0 bridgehead atoms. The molecule has 1 rings (SSSR count). The monoisotopic (exact) mass is 475 g/mol. The Morgan fingerprint density at radius 1 is 0.848 bits per heavy atom. The molecule has 0 aliphatic heterocycles. The summed E-state index contributed by atoms with van der Waals surface area (Å²) in [7, 11) is 0. The normalized spacial score (nSPS) is 11.1. The molecule has 5 nitrogen and oxygen atoms in total. The van der Waals surface area contributed by atoms with Gasteiger partial charge < -0.3 is 10.4 Å². The maximum Gasteiger partial charge on any atom is 0.336 e. The number of carbonyl (C=O) groups is 1. The minimum atomic E-state index is -0.971. The maximum atomic E-state index is 11.2. The van der Waals surface area contributed by atoms with Crippen LogP contribution in [0.15, 0.2) is 29.4 Å². The van der Waals surface area contributed by atoms with Crippen LogP contribution in [0.3, 0.4) is 0 Å². The van der Waals surface area contributed by atoms with Crippen LogP contribution in [0.5, 0.6) is 0 Å². The largest absolute Gasteiger partial charge is 0.478 e. The van der Waals surface area contributed by atoms with Gasteiger partial charge in [-0.15, -0.1) is 0 Å². The Labute approximate surface area is 206 Å². The number of nitrogens with one attached hydrogen (secondary N) is 2. The number of carboxylic acids is 1. The third kappa shape index (κ3) is 16.3. The third-order valence-electron chi connectivity index (χ3n) is 5.88. The van der Waals surface area contributed by atoms with Crippen molar-refractivity contribution < 1.29 is 9.90 Å². The molecule has 0 spiro atoms. The van der Waals surface area contributed by atoms with E-state index in [1.807, 2.05) is 0 Å². The highest BCUT2D eigenvalue weighted by atomic mass is 32.1. The van der Waals surface area contributed by atoms with Crippen molar-refractivity contribution in [2.24, 2.45) is 5.10 Å². The summed E-state index contributed by atoms with van der Waals surface area (Å²) in [5.41, 5.74) is 3.51. The highest BCUT2D eigenvalue weighted by Crippen LogP contribution is 2.13. The Kier molecular flexibility index (Phi) is 18.2. The minimum Gasteiger partial charge on any atom is -0.478 e. The van der Waals surface area contributed by atoms with E-state index in [1.54, 1.807) is 24.3 Å². The molecule has 1 aromatic carbocycles. The van der Waals surface area contributed by atoms with Crippen molar-refractivity contribution in [3.63, 3.8) is 0 Å². The molecule has 6 heteroatoms. The van der Waals surface area contributed by atoms with Crippen molar-refractivity contribution in [2.45, 2.75) is 110 Å². The summed E-state index contributed by atoms with van der Waals surface area (Å²) in [6.07, 6.45) is 23.3. The topological polar surface area (TPSA) is 73.7 Å². The molecule has 0 radical (unpaired) electrons. The molecule has 0 aliphatic rings. The van der Waals surface area contributed by atoms with Gasteiger partial charge in [-0.25, -0.2) is 4.79 Å². The van der Waals surface area contributed by atoms with Crippen LogP contribution in [0.25, 0.3) is 0 Å². The van der Waals surface area contributed by atoms with Crippen molar-refractivity contribution in [1.82, 2.24) is 10.7 Å². The Balaban J connectivity index is 1.89. The van der Waals surface area contributed by atoms with Gasteiger partial charge in [0.1, 0.15) is 0 Å². The maximum absolute atomic E-state index is 11.2. The molecule has 1 aromatic rings. The number of nitrogens with zero attached hydrogens (tertiary/aromatic N) is 1. The fourth-order valence-corrected chi connectivity index (χ4v) is 4.03. The molecule has 186 valence electrons. The predicted octanol–water partition coefficient (Wildman–Crippen LogP) is 7.44. The second-order valence-corrected chi connectivity index (χ2v) is 9.23. The fraction of sp³-hybridized carbons (Fsp3) is 0.667. The van der Waals surface area contributed by atoms with Gasteiger partial charge in [0.25, 0.3) is 0 Å². The SMILES string of the molecule is CCCCCCCCCCCCCCCCCCNC(=S)NN=Cc1ccccc1C(=O)O. The molecule has 0 saturated carbocycles. The van der Waals surface area contributed by atoms with Gasteiger partial charge in [-0.3, -0.25) is 5.43 Å². The summed E-state index contributed by atoms with van der Waals surface area (Å²) < 4.78 is 0. The number of aromatic carboxylic acids is 1. The Morgan fingerprint density at radius 2 is 1.33 bits per heavy atom. The minimum absolute atomic E-state index is 0.218. The highest BCUT2D eigenvalue weighted by Gasteiger charge is 2.06. The molecule has 0 fully saturated rings. The molecule has 3 N–H and O–H groups in total. The lowest BCUT2D eigenvalue weighted by molar-refractivity contribution is 0.0696. The Bertz CT molecular complexity index is 679. The number of thiocarbonyl (C=S) groups is 1. The van der Waals surface area contributed by atoms with Crippen LogP contribution in [-0.2, 0) is 0 Å². The predicted molar refractivity (Wildman–Crippen MR) is 144 cm³/mol. The van der Waals surface area contributed by atoms with Crippen molar-refractivity contribution in [1.29, 1.82) is 0 Å². The first-order valence-corrected chi connectivity index (χ1v) is 13.4. The van der Waals surface area contributed by atoms with Crippen LogP contribution < -0.4 is 10.7 Å². The zero-order valence-corrected chi connectivity index (χ0v) is 21.4. The third-order valence-corrected chi connectivity index (χ3v) is 6.11. The standard InChI is InChI=1S/C27H45N3O2S/c1-2-3-4-5-6-7-8-9-10-11-12-13-14-15-16-19-22-28-27(33)30-29-23-24-20-17-18-21-25(24)26(31)32/h17-18,20-21,23H,2-16,19,22H2,1H3,(H,31,32)(H2,28,30,33). The Hall–Kier alpha value is -1.95. The van der Waals surface area contributed by atoms with Crippen molar-refractivity contribution in [3.8, 4) is 0 Å². The van der Waals surface area contributed by atoms with Gasteiger partial charge in [0.2, 0.25) is 0 Å². The number of hydrogen-bond donors (Lipinski definition) is 3. The van der Waals surface area contributed by atoms with Crippen LogP contribution in [0.2, 0.25) is 0 Å². The van der Waals surface area contributed by atoms with Gasteiger partial charge in [-0.2, -0.15) is 5.10 Å². The van der Waals surface area contributed by atoms with E-state index < -0.39 is 5.97 Å². The van der Waals surface area contributed by atoms with Crippen LogP contribution >= 0.6 is 12.2 Å². The quantitative estimate of drug-likeness (QED) is 0.0790. The summed E-state index contributed by atoms with van der Waals surface area (Å²) in [6.45, 7) is 3.10. The van der Waals surface area contributed by atoms with E-state index in [1.165, 1.54) is 103 Å². The van der Waals surface area contributed by atoms with Gasteiger partial charge in [0.05, 0.1) is 11.8 Å². The molecule has 33 heavy (non-hydrogen) atoms. The van der Waals surface area contributed by atoms with E-state index in [4.69, 9.17) is 17.3 Å². The molecule has 0 unspecified atom stereocenters. The van der Waals surface area contributed by atoms with Crippen LogP contribution in [0, 0.1) is 0 Å². The van der Waals surface area contributed by atoms with E-state index in [9.17, 15) is 4.79 Å². The molecule has 0 heterocycles. The van der Waals surface area contributed by atoms with E-state index >= 15 is 0 Å². The van der Waals surface area contributed by atoms with Gasteiger partial charge in [0.15, 0.2) is 5.11 Å². The molecule has 0 atom stereocenters. The van der Waals surface area contributed by atoms with Crippen molar-refractivity contribution in [3.05, 3.63) is 35.4 Å². The molecular formula is C27H45N3O2S. The first-order chi connectivity index (χ1) is 16.1. The van der Waals surface area contributed by atoms with Crippen molar-refractivity contribution in [2.75, 3.05) is 6.54 Å². The smallest absolute Gasteiger partial charge is 0.336 e. The van der Waals surface area contributed by atoms with Crippen molar-refractivity contribution >= 4 is 29.5 Å². The fourth-order valence-electron chi connectivity index (χ4n) is 3.88. The Morgan fingerprint density at radius 3 is 1.85 bits per heavy atom. The molecule has 0 aromatic heterocycles. The summed E-state index contributed by atoms with van der Waals surface area (Å²) >= 11 is 5.21. The van der Waals surface area contributed by atoms with Gasteiger partial charge in [0, 0.05) is 12.1 Å². The molecule has 0 amide bonds. The zero-order valence-electron chi connectivity index (χ0n) is 20.6. The first kappa shape index (κ1) is 29.1. The van der Waals surface area contributed by atoms with Gasteiger partial charge in [-0.05, 0) is 24.7 Å². The summed E-state index contributed by atoms with van der Waals surface area (Å²) in [5.74, 6) is -0.971. The van der Waals surface area contributed by atoms with Crippen LogP contribution in [-0.4, -0.2) is 28.9 Å². The van der Waals surface area contributed by atoms with Gasteiger partial charge in [-0.1, -0.05) is 121 Å². The number of carboxylic acid groups (broad SMARTS) is 1. The van der Waals surface area contributed by atoms with E-state index in [-0.39, 0.29) is 5.56 Å². The summed E-state index contributed by atoms with van der Waals surface area (Å²) in [5, 5.41) is 16.8. The summed E-state index contributed by atoms with van der Waals surface area (Å²) in [4.78, 5) is 11.2. The van der Waals surface area contributed by atoms with Gasteiger partial charge >= 0.3 is 5.97 Å². The molecule has 0 aliphatic carbocycles. The lowest BCUT2D eigenvalue weighted by Gasteiger charge is -2.07. The number of benzene rings is 1. The van der Waals surface area contributed by atoms with E-state index in [0.717, 1.165) is 13.0 Å². The lowest BCUT2D eigenvalue weighted by Crippen LogP contribution is -2.32. The highest BCUT2D eigenvalue weighted by molar-refractivity contribution is 7.80. The lowest BCUT2D eigenvalue weighted by atomic mass is 10.0. The first-order valence-electron chi connectivity index (χ1n) is 13.0. The average molecular weight is 476 g/mol. The second-order valence-electron chi connectivity index (χ2n) is 8.82. The zero-order chi connectivity index (χ0) is 24.0. The number of hydrogen-bond acceptors (Lipinski definition) is 3. The van der Waals surface area contributed by atoms with E-state index in [0.29, 0.717) is 10.7 Å². The average Bonchev–Trinajstić information content (AvgIpc) is 2.81.